The topological polar surface area (TPSA) is 115 Å². The second-order valence-electron chi connectivity index (χ2n) is 6.90. The van der Waals surface area contributed by atoms with E-state index in [1.165, 1.54) is 36.7 Å². The van der Waals surface area contributed by atoms with Gasteiger partial charge in [-0.25, -0.2) is 18.7 Å². The predicted molar refractivity (Wildman–Crippen MR) is 129 cm³/mol. The molecule has 0 radical (unpaired) electrons. The highest BCUT2D eigenvalue weighted by Crippen LogP contribution is 2.31. The van der Waals surface area contributed by atoms with Gasteiger partial charge in [0, 0.05) is 44.7 Å². The van der Waals surface area contributed by atoms with Gasteiger partial charge in [0.15, 0.2) is 6.29 Å². The van der Waals surface area contributed by atoms with Gasteiger partial charge >= 0.3 is 0 Å². The number of aromatic nitrogens is 2. The third kappa shape index (κ3) is 5.48. The summed E-state index contributed by atoms with van der Waals surface area (Å²) in [7, 11) is 0. The van der Waals surface area contributed by atoms with E-state index in [4.69, 9.17) is 34.7 Å². The van der Waals surface area contributed by atoms with Crippen molar-refractivity contribution in [3.8, 4) is 22.3 Å². The van der Waals surface area contributed by atoms with Crippen LogP contribution < -0.4 is 11.5 Å². The zero-order chi connectivity index (χ0) is 24.8. The molecule has 4 aromatic rings. The molecular formula is C24H18Cl2F2N4O2. The van der Waals surface area contributed by atoms with Gasteiger partial charge in [0.2, 0.25) is 0 Å². The molecule has 0 saturated heterocycles. The van der Waals surface area contributed by atoms with Gasteiger partial charge in [0.25, 0.3) is 0 Å². The van der Waals surface area contributed by atoms with Crippen molar-refractivity contribution in [2.45, 2.75) is 6.61 Å². The fourth-order valence-electron chi connectivity index (χ4n) is 3.19. The number of anilines is 2. The fraction of sp³-hybridized carbons (Fsp3) is 0.0417. The smallest absolute Gasteiger partial charge is 0.154 e. The summed E-state index contributed by atoms with van der Waals surface area (Å²) in [6, 6.07) is 11.7. The van der Waals surface area contributed by atoms with E-state index in [-0.39, 0.29) is 29.4 Å². The maximum Gasteiger partial charge on any atom is 0.154 e. The summed E-state index contributed by atoms with van der Waals surface area (Å²) in [4.78, 5) is 18.6. The Bertz CT molecular complexity index is 1350. The Balaban J connectivity index is 0.000000191. The quantitative estimate of drug-likeness (QED) is 0.315. The molecule has 0 aliphatic carbocycles. The SMILES string of the molecule is Nc1nccc(-c2ccc(Cl)cc2F)c1C=O.Nc1nccc(-c2ccc(Cl)cc2F)c1CO. The highest BCUT2D eigenvalue weighted by molar-refractivity contribution is 6.31. The summed E-state index contributed by atoms with van der Waals surface area (Å²) in [6.45, 7) is -0.295. The Hall–Kier alpha value is -3.59. The molecule has 0 unspecified atom stereocenters. The molecule has 0 bridgehead atoms. The number of hydrogen-bond acceptors (Lipinski definition) is 6. The largest absolute Gasteiger partial charge is 0.392 e. The molecular weight excluding hydrogens is 485 g/mol. The number of nitrogens with two attached hydrogens (primary N) is 2. The van der Waals surface area contributed by atoms with Crippen LogP contribution in [0.1, 0.15) is 15.9 Å². The van der Waals surface area contributed by atoms with Crippen molar-refractivity contribution >= 4 is 41.1 Å². The van der Waals surface area contributed by atoms with Crippen molar-refractivity contribution in [1.29, 1.82) is 0 Å². The van der Waals surface area contributed by atoms with Crippen LogP contribution in [0.3, 0.4) is 0 Å². The first-order valence-electron chi connectivity index (χ1n) is 9.71. The number of pyridine rings is 2. The molecule has 0 amide bonds. The van der Waals surface area contributed by atoms with E-state index in [1.807, 2.05) is 0 Å². The number of rotatable bonds is 4. The van der Waals surface area contributed by atoms with Gasteiger partial charge in [-0.05, 0) is 54.1 Å². The van der Waals surface area contributed by atoms with Crippen molar-refractivity contribution in [2.75, 3.05) is 11.5 Å². The first kappa shape index (κ1) is 25.0. The van der Waals surface area contributed by atoms with Crippen LogP contribution >= 0.6 is 23.2 Å². The molecule has 4 rings (SSSR count). The lowest BCUT2D eigenvalue weighted by Gasteiger charge is -2.10. The number of aldehydes is 1. The monoisotopic (exact) mass is 502 g/mol. The Labute approximate surface area is 203 Å². The number of benzene rings is 2. The lowest BCUT2D eigenvalue weighted by atomic mass is 10.0. The number of nitrogen functional groups attached to an aromatic ring is 2. The van der Waals surface area contributed by atoms with Crippen LogP contribution in [0.25, 0.3) is 22.3 Å². The molecule has 2 aromatic heterocycles. The number of nitrogens with zero attached hydrogens (tertiary/aromatic N) is 2. The molecule has 0 aliphatic rings. The minimum absolute atomic E-state index is 0.0758. The van der Waals surface area contributed by atoms with Crippen molar-refractivity contribution in [2.24, 2.45) is 0 Å². The Morgan fingerprint density at radius 3 is 1.79 bits per heavy atom. The van der Waals surface area contributed by atoms with Crippen LogP contribution in [0, 0.1) is 11.6 Å². The average Bonchev–Trinajstić information content (AvgIpc) is 2.79. The molecule has 5 N–H and O–H groups in total. The number of aliphatic hydroxyl groups is 1. The minimum atomic E-state index is -0.508. The third-order valence-corrected chi connectivity index (χ3v) is 5.30. The summed E-state index contributed by atoms with van der Waals surface area (Å²) in [5.41, 5.74) is 13.3. The van der Waals surface area contributed by atoms with Crippen LogP contribution in [-0.2, 0) is 6.61 Å². The lowest BCUT2D eigenvalue weighted by Crippen LogP contribution is -2.00. The predicted octanol–water partition coefficient (Wildman–Crippen LogP) is 5.55. The normalized spacial score (nSPS) is 10.4. The second-order valence-corrected chi connectivity index (χ2v) is 7.78. The van der Waals surface area contributed by atoms with E-state index < -0.39 is 11.6 Å². The van der Waals surface area contributed by atoms with Gasteiger partial charge < -0.3 is 16.6 Å². The van der Waals surface area contributed by atoms with E-state index in [1.54, 1.807) is 24.3 Å². The van der Waals surface area contributed by atoms with Crippen LogP contribution in [0.15, 0.2) is 60.9 Å². The molecule has 0 saturated carbocycles. The summed E-state index contributed by atoms with van der Waals surface area (Å²) in [5, 5.41) is 9.85. The fourth-order valence-corrected chi connectivity index (χ4v) is 3.51. The lowest BCUT2D eigenvalue weighted by molar-refractivity contribution is 0.112. The molecule has 174 valence electrons. The van der Waals surface area contributed by atoms with Crippen LogP contribution in [0.4, 0.5) is 20.4 Å². The van der Waals surface area contributed by atoms with Gasteiger partial charge in [0.1, 0.15) is 23.3 Å². The number of carbonyl (C=O) groups excluding carboxylic acids is 1. The number of halogens is 4. The maximum atomic E-state index is 13.8. The summed E-state index contributed by atoms with van der Waals surface area (Å²) in [6.07, 6.45) is 3.45. The highest BCUT2D eigenvalue weighted by atomic mass is 35.5. The van der Waals surface area contributed by atoms with E-state index in [0.29, 0.717) is 38.6 Å². The van der Waals surface area contributed by atoms with Crippen LogP contribution in [-0.4, -0.2) is 21.4 Å². The zero-order valence-corrected chi connectivity index (χ0v) is 19.0. The van der Waals surface area contributed by atoms with E-state index in [9.17, 15) is 18.7 Å². The van der Waals surface area contributed by atoms with Crippen molar-refractivity contribution in [3.05, 3.63) is 93.7 Å². The third-order valence-electron chi connectivity index (χ3n) is 4.83. The van der Waals surface area contributed by atoms with Crippen LogP contribution in [0.2, 0.25) is 10.0 Å². The number of hydrogen-bond donors (Lipinski definition) is 3. The van der Waals surface area contributed by atoms with Crippen molar-refractivity contribution in [1.82, 2.24) is 9.97 Å². The zero-order valence-electron chi connectivity index (χ0n) is 17.5. The number of carbonyl (C=O) groups is 1. The molecule has 10 heteroatoms. The van der Waals surface area contributed by atoms with Crippen molar-refractivity contribution in [3.63, 3.8) is 0 Å². The standard InChI is InChI=1S/C12H10ClFN2O.C12H8ClFN2O/c2*13-7-1-2-9(11(14)5-7)8-3-4-16-12(15)10(8)6-17/h1-5,17H,6H2,(H2,15,16);1-6H,(H2,15,16). The minimum Gasteiger partial charge on any atom is -0.392 e. The van der Waals surface area contributed by atoms with Gasteiger partial charge in [-0.3, -0.25) is 4.79 Å². The molecule has 34 heavy (non-hydrogen) atoms. The molecule has 0 spiro atoms. The van der Waals surface area contributed by atoms with E-state index in [0.717, 1.165) is 0 Å². The summed E-state index contributed by atoms with van der Waals surface area (Å²) >= 11 is 11.3. The van der Waals surface area contributed by atoms with Gasteiger partial charge in [-0.15, -0.1) is 0 Å². The Kier molecular flexibility index (Phi) is 8.12. The molecule has 6 nitrogen and oxygen atoms in total. The highest BCUT2D eigenvalue weighted by Gasteiger charge is 2.13. The average molecular weight is 503 g/mol. The summed E-state index contributed by atoms with van der Waals surface area (Å²) in [5.74, 6) is -0.699. The molecule has 0 atom stereocenters. The Morgan fingerprint density at radius 1 is 0.794 bits per heavy atom. The first-order valence-corrected chi connectivity index (χ1v) is 10.5. The van der Waals surface area contributed by atoms with Crippen molar-refractivity contribution < 1.29 is 18.7 Å². The van der Waals surface area contributed by atoms with E-state index >= 15 is 0 Å². The Morgan fingerprint density at radius 2 is 1.29 bits per heavy atom. The molecule has 2 heterocycles. The number of aliphatic hydroxyl groups excluding tert-OH is 1. The second kappa shape index (κ2) is 11.0. The first-order chi connectivity index (χ1) is 16.3. The van der Waals surface area contributed by atoms with Gasteiger partial charge in [0.05, 0.1) is 12.2 Å². The molecule has 2 aromatic carbocycles. The molecule has 0 aliphatic heterocycles. The summed E-state index contributed by atoms with van der Waals surface area (Å²) < 4.78 is 27.5. The van der Waals surface area contributed by atoms with Gasteiger partial charge in [-0.2, -0.15) is 0 Å². The van der Waals surface area contributed by atoms with Crippen LogP contribution in [0.5, 0.6) is 0 Å². The molecule has 0 fully saturated rings. The maximum absolute atomic E-state index is 13.8. The van der Waals surface area contributed by atoms with E-state index in [2.05, 4.69) is 9.97 Å². The van der Waals surface area contributed by atoms with Gasteiger partial charge in [-0.1, -0.05) is 23.2 Å².